The Labute approximate surface area is 116 Å². The molecule has 3 heteroatoms. The standard InChI is InChI=1S/C16H25N3/c1-12-6-7-13(10-17-12)11-18-14-8-15-4-3-5-16(9-14)19(15)2/h6-7,10,14-16,18H,3-5,8-9,11H2,1-2H3. The fourth-order valence-electron chi connectivity index (χ4n) is 3.65. The molecule has 1 aromatic heterocycles. The number of nitrogens with zero attached hydrogens (tertiary/aromatic N) is 2. The van der Waals surface area contributed by atoms with Crippen LogP contribution in [0.4, 0.5) is 0 Å². The van der Waals surface area contributed by atoms with Crippen molar-refractivity contribution in [1.82, 2.24) is 15.2 Å². The molecule has 0 aromatic carbocycles. The van der Waals surface area contributed by atoms with Gasteiger partial charge in [-0.1, -0.05) is 12.5 Å². The average Bonchev–Trinajstić information content (AvgIpc) is 2.39. The fraction of sp³-hybridized carbons (Fsp3) is 0.688. The Morgan fingerprint density at radius 2 is 2.00 bits per heavy atom. The van der Waals surface area contributed by atoms with Gasteiger partial charge in [0.05, 0.1) is 0 Å². The number of aromatic nitrogens is 1. The molecule has 1 N–H and O–H groups in total. The quantitative estimate of drug-likeness (QED) is 0.904. The Morgan fingerprint density at radius 3 is 2.63 bits per heavy atom. The van der Waals surface area contributed by atoms with Crippen LogP contribution in [0.5, 0.6) is 0 Å². The highest BCUT2D eigenvalue weighted by molar-refractivity contribution is 5.13. The van der Waals surface area contributed by atoms with E-state index < -0.39 is 0 Å². The highest BCUT2D eigenvalue weighted by Gasteiger charge is 2.35. The van der Waals surface area contributed by atoms with Crippen molar-refractivity contribution in [3.63, 3.8) is 0 Å². The fourth-order valence-corrected chi connectivity index (χ4v) is 3.65. The van der Waals surface area contributed by atoms with Crippen LogP contribution >= 0.6 is 0 Å². The summed E-state index contributed by atoms with van der Waals surface area (Å²) in [6.45, 7) is 3.00. The third kappa shape index (κ3) is 2.98. The summed E-state index contributed by atoms with van der Waals surface area (Å²) in [7, 11) is 2.31. The van der Waals surface area contributed by atoms with Crippen LogP contribution in [0.3, 0.4) is 0 Å². The predicted octanol–water partition coefficient (Wildman–Crippen LogP) is 2.49. The second kappa shape index (κ2) is 5.59. The summed E-state index contributed by atoms with van der Waals surface area (Å²) >= 11 is 0. The van der Waals surface area contributed by atoms with Crippen LogP contribution in [0.25, 0.3) is 0 Å². The summed E-state index contributed by atoms with van der Waals surface area (Å²) in [6, 6.07) is 6.58. The normalized spacial score (nSPS) is 31.4. The largest absolute Gasteiger partial charge is 0.310 e. The number of nitrogens with one attached hydrogen (secondary N) is 1. The molecule has 0 radical (unpaired) electrons. The summed E-state index contributed by atoms with van der Waals surface area (Å²) in [4.78, 5) is 6.98. The van der Waals surface area contributed by atoms with Gasteiger partial charge in [-0.25, -0.2) is 0 Å². The van der Waals surface area contributed by atoms with Gasteiger partial charge >= 0.3 is 0 Å². The maximum atomic E-state index is 4.36. The molecule has 3 rings (SSSR count). The van der Waals surface area contributed by atoms with Crippen LogP contribution in [-0.2, 0) is 6.54 Å². The second-order valence-corrected chi connectivity index (χ2v) is 6.26. The topological polar surface area (TPSA) is 28.2 Å². The first-order valence-electron chi connectivity index (χ1n) is 7.59. The van der Waals surface area contributed by atoms with E-state index in [2.05, 4.69) is 34.4 Å². The van der Waals surface area contributed by atoms with Crippen molar-refractivity contribution in [2.45, 2.75) is 63.7 Å². The Bertz CT molecular complexity index is 401. The summed E-state index contributed by atoms with van der Waals surface area (Å²) in [5.74, 6) is 0. The molecule has 19 heavy (non-hydrogen) atoms. The van der Waals surface area contributed by atoms with Crippen molar-refractivity contribution in [2.24, 2.45) is 0 Å². The van der Waals surface area contributed by atoms with E-state index in [1.807, 2.05) is 13.1 Å². The number of aryl methyl sites for hydroxylation is 1. The van der Waals surface area contributed by atoms with Gasteiger partial charge in [0.2, 0.25) is 0 Å². The number of rotatable bonds is 3. The first-order valence-corrected chi connectivity index (χ1v) is 7.59. The zero-order valence-electron chi connectivity index (χ0n) is 12.1. The van der Waals surface area contributed by atoms with E-state index in [4.69, 9.17) is 0 Å². The van der Waals surface area contributed by atoms with E-state index in [0.29, 0.717) is 6.04 Å². The highest BCUT2D eigenvalue weighted by atomic mass is 15.2. The molecule has 2 aliphatic rings. The van der Waals surface area contributed by atoms with Gasteiger partial charge in [0.15, 0.2) is 0 Å². The predicted molar refractivity (Wildman–Crippen MR) is 78.0 cm³/mol. The summed E-state index contributed by atoms with van der Waals surface area (Å²) in [5.41, 5.74) is 2.40. The highest BCUT2D eigenvalue weighted by Crippen LogP contribution is 2.32. The van der Waals surface area contributed by atoms with Crippen molar-refractivity contribution in [3.05, 3.63) is 29.6 Å². The minimum absolute atomic E-state index is 0.688. The molecule has 2 atom stereocenters. The molecule has 2 fully saturated rings. The van der Waals surface area contributed by atoms with Gasteiger partial charge in [-0.05, 0) is 51.3 Å². The Kier molecular flexibility index (Phi) is 3.85. The Morgan fingerprint density at radius 1 is 1.26 bits per heavy atom. The van der Waals surface area contributed by atoms with Crippen molar-refractivity contribution in [3.8, 4) is 0 Å². The molecule has 0 saturated carbocycles. The van der Waals surface area contributed by atoms with Gasteiger partial charge in [-0.2, -0.15) is 0 Å². The number of pyridine rings is 1. The van der Waals surface area contributed by atoms with Gasteiger partial charge in [-0.3, -0.25) is 4.98 Å². The minimum atomic E-state index is 0.688. The second-order valence-electron chi connectivity index (χ2n) is 6.26. The third-order valence-corrected chi connectivity index (χ3v) is 4.91. The first-order chi connectivity index (χ1) is 9.22. The van der Waals surface area contributed by atoms with Crippen LogP contribution < -0.4 is 5.32 Å². The molecule has 1 aromatic rings. The van der Waals surface area contributed by atoms with Gasteiger partial charge in [0, 0.05) is 36.6 Å². The Hall–Kier alpha value is -0.930. The minimum Gasteiger partial charge on any atom is -0.310 e. The van der Waals surface area contributed by atoms with E-state index in [-0.39, 0.29) is 0 Å². The molecular formula is C16H25N3. The molecule has 2 bridgehead atoms. The van der Waals surface area contributed by atoms with Crippen LogP contribution in [0.15, 0.2) is 18.3 Å². The lowest BCUT2D eigenvalue weighted by molar-refractivity contribution is 0.0482. The summed E-state index contributed by atoms with van der Waals surface area (Å²) in [6.07, 6.45) is 8.82. The van der Waals surface area contributed by atoms with E-state index in [1.165, 1.54) is 37.7 Å². The number of fused-ring (bicyclic) bond motifs is 2. The van der Waals surface area contributed by atoms with Crippen LogP contribution in [0, 0.1) is 6.92 Å². The van der Waals surface area contributed by atoms with Gasteiger partial charge in [0.1, 0.15) is 0 Å². The first kappa shape index (κ1) is 13.1. The molecule has 2 aliphatic heterocycles. The third-order valence-electron chi connectivity index (χ3n) is 4.91. The summed E-state index contributed by atoms with van der Waals surface area (Å²) < 4.78 is 0. The van der Waals surface area contributed by atoms with Crippen molar-refractivity contribution < 1.29 is 0 Å². The number of piperidine rings is 2. The SMILES string of the molecule is Cc1ccc(CNC2CC3CCCC(C2)N3C)cn1. The van der Waals surface area contributed by atoms with Crippen molar-refractivity contribution in [2.75, 3.05) is 7.05 Å². The van der Waals surface area contributed by atoms with E-state index in [0.717, 1.165) is 24.3 Å². The van der Waals surface area contributed by atoms with Crippen LogP contribution in [0.1, 0.15) is 43.4 Å². The van der Waals surface area contributed by atoms with Gasteiger partial charge in [0.25, 0.3) is 0 Å². The maximum Gasteiger partial charge on any atom is 0.0372 e. The lowest BCUT2D eigenvalue weighted by atomic mass is 9.82. The van der Waals surface area contributed by atoms with Crippen molar-refractivity contribution >= 4 is 0 Å². The molecule has 3 heterocycles. The van der Waals surface area contributed by atoms with Crippen molar-refractivity contribution in [1.29, 1.82) is 0 Å². The zero-order chi connectivity index (χ0) is 13.2. The Balaban J connectivity index is 1.55. The molecule has 3 nitrogen and oxygen atoms in total. The average molecular weight is 259 g/mol. The van der Waals surface area contributed by atoms with E-state index in [9.17, 15) is 0 Å². The molecule has 2 saturated heterocycles. The van der Waals surface area contributed by atoms with E-state index >= 15 is 0 Å². The molecule has 0 aliphatic carbocycles. The molecule has 104 valence electrons. The summed E-state index contributed by atoms with van der Waals surface area (Å²) in [5, 5.41) is 3.74. The molecule has 2 unspecified atom stereocenters. The zero-order valence-corrected chi connectivity index (χ0v) is 12.1. The number of hydrogen-bond donors (Lipinski definition) is 1. The smallest absolute Gasteiger partial charge is 0.0372 e. The van der Waals surface area contributed by atoms with Crippen LogP contribution in [-0.4, -0.2) is 35.1 Å². The molecular weight excluding hydrogens is 234 g/mol. The maximum absolute atomic E-state index is 4.36. The number of hydrogen-bond acceptors (Lipinski definition) is 3. The lowest BCUT2D eigenvalue weighted by Gasteiger charge is -2.47. The molecule has 0 amide bonds. The molecule has 0 spiro atoms. The lowest BCUT2D eigenvalue weighted by Crippen LogP contribution is -2.54. The van der Waals surface area contributed by atoms with Gasteiger partial charge < -0.3 is 10.2 Å². The monoisotopic (exact) mass is 259 g/mol. The van der Waals surface area contributed by atoms with Crippen LogP contribution in [0.2, 0.25) is 0 Å². The van der Waals surface area contributed by atoms with E-state index in [1.54, 1.807) is 0 Å². The van der Waals surface area contributed by atoms with Gasteiger partial charge in [-0.15, -0.1) is 0 Å².